The minimum Gasteiger partial charge on any atom is -0.393 e. The monoisotopic (exact) mass is 306 g/mol. The second kappa shape index (κ2) is 4.66. The van der Waals surface area contributed by atoms with Crippen molar-refractivity contribution in [2.24, 2.45) is 28.6 Å². The normalized spacial score (nSPS) is 54.3. The zero-order chi connectivity index (χ0) is 15.7. The van der Waals surface area contributed by atoms with Crippen LogP contribution in [0.4, 0.5) is 4.39 Å². The van der Waals surface area contributed by atoms with Crippen molar-refractivity contribution in [2.45, 2.75) is 71.1 Å². The molecule has 4 aliphatic carbocycles. The number of aliphatic hydroxyl groups excluding tert-OH is 1. The van der Waals surface area contributed by atoms with Gasteiger partial charge in [-0.05, 0) is 49.9 Å². The Labute approximate surface area is 132 Å². The van der Waals surface area contributed by atoms with Crippen LogP contribution in [0.2, 0.25) is 0 Å². The number of rotatable bonds is 0. The molecule has 0 radical (unpaired) electrons. The van der Waals surface area contributed by atoms with E-state index in [2.05, 4.69) is 19.9 Å². The highest BCUT2D eigenvalue weighted by atomic mass is 19.1. The maximum Gasteiger partial charge on any atom is 0.139 e. The van der Waals surface area contributed by atoms with Gasteiger partial charge in [0, 0.05) is 23.7 Å². The van der Waals surface area contributed by atoms with Gasteiger partial charge in [-0.3, -0.25) is 4.79 Å². The first-order valence-corrected chi connectivity index (χ1v) is 8.92. The van der Waals surface area contributed by atoms with Gasteiger partial charge in [-0.15, -0.1) is 0 Å². The van der Waals surface area contributed by atoms with Crippen molar-refractivity contribution in [1.29, 1.82) is 0 Å². The summed E-state index contributed by atoms with van der Waals surface area (Å²) < 4.78 is 15.0. The van der Waals surface area contributed by atoms with Crippen molar-refractivity contribution in [3.05, 3.63) is 11.6 Å². The number of allylic oxidation sites excluding steroid dienone is 1. The maximum atomic E-state index is 15.0. The van der Waals surface area contributed by atoms with Crippen LogP contribution >= 0.6 is 0 Å². The summed E-state index contributed by atoms with van der Waals surface area (Å²) in [7, 11) is 0. The molecule has 0 bridgehead atoms. The largest absolute Gasteiger partial charge is 0.393 e. The van der Waals surface area contributed by atoms with Gasteiger partial charge >= 0.3 is 0 Å². The van der Waals surface area contributed by atoms with E-state index in [0.29, 0.717) is 30.0 Å². The topological polar surface area (TPSA) is 37.3 Å². The molecular formula is C19H27FO2. The number of ketones is 1. The van der Waals surface area contributed by atoms with E-state index in [1.54, 1.807) is 0 Å². The van der Waals surface area contributed by atoms with Crippen LogP contribution in [0.15, 0.2) is 11.6 Å². The minimum absolute atomic E-state index is 0.150. The quantitative estimate of drug-likeness (QED) is 0.691. The summed E-state index contributed by atoms with van der Waals surface area (Å²) in [4.78, 5) is 12.4. The van der Waals surface area contributed by atoms with E-state index < -0.39 is 17.7 Å². The summed E-state index contributed by atoms with van der Waals surface area (Å²) in [5.41, 5.74) is 0.589. The number of aliphatic hydroxyl groups is 1. The number of Topliss-reactive ketones (excluding diaryl/α,β-unsaturated/α-hetero) is 1. The van der Waals surface area contributed by atoms with Gasteiger partial charge in [0.2, 0.25) is 0 Å². The molecule has 2 nitrogen and oxygen atoms in total. The number of halogens is 1. The smallest absolute Gasteiger partial charge is 0.139 e. The van der Waals surface area contributed by atoms with Gasteiger partial charge in [-0.1, -0.05) is 25.5 Å². The lowest BCUT2D eigenvalue weighted by molar-refractivity contribution is -0.133. The van der Waals surface area contributed by atoms with Crippen LogP contribution in [-0.2, 0) is 4.79 Å². The minimum atomic E-state index is -0.947. The number of alkyl halides is 1. The lowest BCUT2D eigenvalue weighted by Gasteiger charge is -2.57. The molecule has 22 heavy (non-hydrogen) atoms. The Morgan fingerprint density at radius 3 is 2.82 bits per heavy atom. The number of carbonyl (C=O) groups is 1. The van der Waals surface area contributed by atoms with Crippen molar-refractivity contribution in [3.63, 3.8) is 0 Å². The van der Waals surface area contributed by atoms with Crippen LogP contribution < -0.4 is 0 Å². The molecule has 0 aromatic heterocycles. The number of hydrogen-bond donors (Lipinski definition) is 1. The predicted octanol–water partition coefficient (Wildman–Crippen LogP) is 3.83. The summed E-state index contributed by atoms with van der Waals surface area (Å²) in [5.74, 6) is 1.67. The first-order chi connectivity index (χ1) is 10.4. The molecule has 4 aliphatic rings. The van der Waals surface area contributed by atoms with Crippen molar-refractivity contribution in [2.75, 3.05) is 0 Å². The molecule has 0 aromatic carbocycles. The maximum absolute atomic E-state index is 15.0. The van der Waals surface area contributed by atoms with Crippen LogP contribution in [0.5, 0.6) is 0 Å². The molecule has 122 valence electrons. The van der Waals surface area contributed by atoms with Crippen molar-refractivity contribution in [1.82, 2.24) is 0 Å². The van der Waals surface area contributed by atoms with Gasteiger partial charge in [0.25, 0.3) is 0 Å². The highest BCUT2D eigenvalue weighted by Crippen LogP contribution is 2.64. The van der Waals surface area contributed by atoms with E-state index in [9.17, 15) is 14.3 Å². The summed E-state index contributed by atoms with van der Waals surface area (Å²) in [6.45, 7) is 4.24. The van der Waals surface area contributed by atoms with Crippen molar-refractivity contribution < 1.29 is 14.3 Å². The summed E-state index contributed by atoms with van der Waals surface area (Å²) in [6.07, 6.45) is 6.24. The van der Waals surface area contributed by atoms with Crippen LogP contribution in [0.3, 0.4) is 0 Å². The zero-order valence-electron chi connectivity index (χ0n) is 13.6. The molecule has 0 amide bonds. The van der Waals surface area contributed by atoms with Crippen LogP contribution in [0.1, 0.15) is 58.8 Å². The number of carbonyl (C=O) groups excluding carboxylic acids is 1. The van der Waals surface area contributed by atoms with Crippen molar-refractivity contribution >= 4 is 5.78 Å². The van der Waals surface area contributed by atoms with Gasteiger partial charge in [0.05, 0.1) is 6.10 Å². The second-order valence-corrected chi connectivity index (χ2v) is 8.60. The van der Waals surface area contributed by atoms with Gasteiger partial charge in [0.1, 0.15) is 12.0 Å². The highest BCUT2D eigenvalue weighted by molar-refractivity contribution is 5.87. The molecule has 0 aliphatic heterocycles. The van der Waals surface area contributed by atoms with E-state index >= 15 is 0 Å². The molecule has 1 N–H and O–H groups in total. The molecule has 7 atom stereocenters. The molecule has 3 heteroatoms. The molecule has 3 fully saturated rings. The second-order valence-electron chi connectivity index (χ2n) is 8.60. The Morgan fingerprint density at radius 1 is 1.27 bits per heavy atom. The fraction of sp³-hybridized carbons (Fsp3) is 0.842. The van der Waals surface area contributed by atoms with Crippen LogP contribution in [0, 0.1) is 28.6 Å². The van der Waals surface area contributed by atoms with Gasteiger partial charge in [-0.25, -0.2) is 4.39 Å². The van der Waals surface area contributed by atoms with E-state index in [0.717, 1.165) is 37.7 Å². The molecular weight excluding hydrogens is 279 g/mol. The Kier molecular flexibility index (Phi) is 3.15. The fourth-order valence-corrected chi connectivity index (χ4v) is 6.43. The average molecular weight is 306 g/mol. The Balaban J connectivity index is 1.72. The third kappa shape index (κ3) is 1.72. The molecule has 0 heterocycles. The molecule has 0 saturated heterocycles. The Morgan fingerprint density at radius 2 is 2.05 bits per heavy atom. The summed E-state index contributed by atoms with van der Waals surface area (Å²) in [6, 6.07) is 0. The lowest BCUT2D eigenvalue weighted by atomic mass is 9.47. The Bertz CT molecular complexity index is 542. The molecule has 1 unspecified atom stereocenters. The summed E-state index contributed by atoms with van der Waals surface area (Å²) in [5, 5.41) is 9.93. The van der Waals surface area contributed by atoms with Gasteiger partial charge in [0.15, 0.2) is 0 Å². The van der Waals surface area contributed by atoms with E-state index in [1.165, 1.54) is 0 Å². The predicted molar refractivity (Wildman–Crippen MR) is 83.0 cm³/mol. The first-order valence-electron chi connectivity index (χ1n) is 8.92. The molecule has 4 rings (SSSR count). The van der Waals surface area contributed by atoms with E-state index in [1.807, 2.05) is 0 Å². The molecule has 0 aromatic rings. The highest BCUT2D eigenvalue weighted by Gasteiger charge is 2.60. The van der Waals surface area contributed by atoms with Crippen molar-refractivity contribution in [3.8, 4) is 0 Å². The average Bonchev–Trinajstić information content (AvgIpc) is 2.77. The summed E-state index contributed by atoms with van der Waals surface area (Å²) >= 11 is 0. The van der Waals surface area contributed by atoms with Crippen LogP contribution in [0.25, 0.3) is 0 Å². The molecule has 0 spiro atoms. The van der Waals surface area contributed by atoms with E-state index in [4.69, 9.17) is 0 Å². The SMILES string of the molecule is C[C@]12CC[C@H]3[C@@H](CC=C4C[C@@H](O)CC(F)[C@@]43C)[C@@H]1CCC2=O. The number of fused-ring (bicyclic) bond motifs is 5. The number of hydrogen-bond acceptors (Lipinski definition) is 2. The van der Waals surface area contributed by atoms with Gasteiger partial charge < -0.3 is 5.11 Å². The Hall–Kier alpha value is -0.700. The first kappa shape index (κ1) is 14.9. The van der Waals surface area contributed by atoms with Gasteiger partial charge in [-0.2, -0.15) is 0 Å². The van der Waals surface area contributed by atoms with E-state index in [-0.39, 0.29) is 11.8 Å². The third-order valence-corrected chi connectivity index (χ3v) is 7.83. The van der Waals surface area contributed by atoms with Crippen LogP contribution in [-0.4, -0.2) is 23.2 Å². The standard InChI is InChI=1S/C19H27FO2/c1-18-8-7-15-13(14(18)5-6-17(18)22)4-3-11-9-12(21)10-16(20)19(11,15)2/h3,12-16,21H,4-10H2,1-2H3/t12-,13+,14+,15+,16?,18+,19+/m1/s1. The fourth-order valence-electron chi connectivity index (χ4n) is 6.43. The lowest BCUT2D eigenvalue weighted by Crippen LogP contribution is -2.54. The zero-order valence-corrected chi connectivity index (χ0v) is 13.6. The third-order valence-electron chi connectivity index (χ3n) is 7.83. The molecule has 3 saturated carbocycles.